The maximum atomic E-state index is 12.5. The van der Waals surface area contributed by atoms with Crippen molar-refractivity contribution in [1.29, 1.82) is 0 Å². The first kappa shape index (κ1) is 15.0. The first-order valence-corrected chi connectivity index (χ1v) is 7.28. The highest BCUT2D eigenvalue weighted by atomic mass is 16.2. The van der Waals surface area contributed by atoms with Crippen LogP contribution in [0.5, 0.6) is 0 Å². The van der Waals surface area contributed by atoms with Crippen LogP contribution >= 0.6 is 0 Å². The average molecular weight is 311 g/mol. The third kappa shape index (κ3) is 3.13. The minimum absolute atomic E-state index is 0.223. The lowest BCUT2D eigenvalue weighted by atomic mass is 10.1. The van der Waals surface area contributed by atoms with Crippen LogP contribution in [0.2, 0.25) is 0 Å². The molecule has 3 N–H and O–H groups in total. The van der Waals surface area contributed by atoms with Crippen molar-refractivity contribution >= 4 is 17.5 Å². The van der Waals surface area contributed by atoms with Gasteiger partial charge in [0.2, 0.25) is 5.91 Å². The lowest BCUT2D eigenvalue weighted by molar-refractivity contribution is -0.111. The molecule has 23 heavy (non-hydrogen) atoms. The van der Waals surface area contributed by atoms with E-state index in [2.05, 4.69) is 32.4 Å². The zero-order valence-electron chi connectivity index (χ0n) is 12.7. The van der Waals surface area contributed by atoms with Crippen molar-refractivity contribution in [3.05, 3.63) is 54.1 Å². The molecule has 0 radical (unpaired) electrons. The predicted molar refractivity (Wildman–Crippen MR) is 84.8 cm³/mol. The molecule has 1 aliphatic rings. The average Bonchev–Trinajstić information content (AvgIpc) is 3.19. The van der Waals surface area contributed by atoms with E-state index in [1.165, 1.54) is 6.08 Å². The van der Waals surface area contributed by atoms with E-state index in [0.717, 1.165) is 18.7 Å². The van der Waals surface area contributed by atoms with Crippen LogP contribution in [0, 0.1) is 6.92 Å². The van der Waals surface area contributed by atoms with Gasteiger partial charge in [-0.2, -0.15) is 5.10 Å². The van der Waals surface area contributed by atoms with E-state index in [-0.39, 0.29) is 11.8 Å². The molecule has 0 atom stereocenters. The van der Waals surface area contributed by atoms with Crippen LogP contribution in [0.1, 0.15) is 34.8 Å². The lowest BCUT2D eigenvalue weighted by Crippen LogP contribution is -2.35. The number of benzene rings is 1. The van der Waals surface area contributed by atoms with Gasteiger partial charge in [0.1, 0.15) is 11.4 Å². The van der Waals surface area contributed by atoms with E-state index in [9.17, 15) is 9.59 Å². The molecule has 1 heterocycles. The Hall–Kier alpha value is -2.96. The molecule has 1 aromatic carbocycles. The van der Waals surface area contributed by atoms with E-state index in [0.29, 0.717) is 17.1 Å². The van der Waals surface area contributed by atoms with Crippen LogP contribution in [-0.4, -0.2) is 27.0 Å². The van der Waals surface area contributed by atoms with Gasteiger partial charge in [-0.3, -0.25) is 14.7 Å². The van der Waals surface area contributed by atoms with Crippen LogP contribution in [0.15, 0.2) is 36.9 Å². The molecule has 0 bridgehead atoms. The second-order valence-corrected chi connectivity index (χ2v) is 5.55. The van der Waals surface area contributed by atoms with Crippen LogP contribution in [-0.2, 0) is 10.3 Å². The first-order chi connectivity index (χ1) is 11.0. The number of nitrogens with zero attached hydrogens (tertiary/aromatic N) is 2. The van der Waals surface area contributed by atoms with E-state index >= 15 is 0 Å². The number of carbonyl (C=O) groups excluding carboxylic acids is 2. The maximum absolute atomic E-state index is 12.5. The summed E-state index contributed by atoms with van der Waals surface area (Å²) in [6.07, 6.45) is 2.79. The van der Waals surface area contributed by atoms with Crippen molar-refractivity contribution < 1.29 is 9.59 Å². The van der Waals surface area contributed by atoms with Gasteiger partial charge >= 0.3 is 0 Å². The molecule has 3 rings (SSSR count). The van der Waals surface area contributed by atoms with Crippen molar-refractivity contribution in [2.24, 2.45) is 0 Å². The quantitative estimate of drug-likeness (QED) is 0.731. The number of aryl methyl sites for hydroxylation is 1. The SMILES string of the molecule is C=CC(=O)Nc1cccc(C(=O)NC2(c3n[nH]c(C)n3)CC2)c1. The minimum atomic E-state index is -0.484. The maximum Gasteiger partial charge on any atom is 0.252 e. The van der Waals surface area contributed by atoms with Crippen LogP contribution < -0.4 is 10.6 Å². The fourth-order valence-electron chi connectivity index (χ4n) is 2.31. The number of hydrogen-bond acceptors (Lipinski definition) is 4. The van der Waals surface area contributed by atoms with E-state index < -0.39 is 5.54 Å². The summed E-state index contributed by atoms with van der Waals surface area (Å²) in [5, 5.41) is 12.6. The van der Waals surface area contributed by atoms with Gasteiger partial charge in [0.05, 0.1) is 0 Å². The Morgan fingerprint density at radius 1 is 1.39 bits per heavy atom. The third-order valence-electron chi connectivity index (χ3n) is 3.71. The molecule has 0 unspecified atom stereocenters. The summed E-state index contributed by atoms with van der Waals surface area (Å²) in [6.45, 7) is 5.22. The summed E-state index contributed by atoms with van der Waals surface area (Å²) in [6, 6.07) is 6.74. The Labute approximate surface area is 133 Å². The molecule has 2 amide bonds. The van der Waals surface area contributed by atoms with Gasteiger partial charge in [-0.05, 0) is 44.0 Å². The highest BCUT2D eigenvalue weighted by Crippen LogP contribution is 2.43. The Balaban J connectivity index is 1.75. The number of anilines is 1. The van der Waals surface area contributed by atoms with Crippen molar-refractivity contribution in [1.82, 2.24) is 20.5 Å². The standard InChI is InChI=1S/C16H17N5O2/c1-3-13(22)18-12-6-4-5-11(9-12)14(23)19-16(7-8-16)15-17-10(2)20-21-15/h3-6,9H,1,7-8H2,2H3,(H,18,22)(H,19,23)(H,17,20,21). The molecular weight excluding hydrogens is 294 g/mol. The summed E-state index contributed by atoms with van der Waals surface area (Å²) < 4.78 is 0. The molecule has 7 nitrogen and oxygen atoms in total. The van der Waals surface area contributed by atoms with Crippen molar-refractivity contribution in [3.63, 3.8) is 0 Å². The molecule has 1 aliphatic carbocycles. The molecule has 1 fully saturated rings. The molecule has 7 heteroatoms. The summed E-state index contributed by atoms with van der Waals surface area (Å²) in [4.78, 5) is 28.1. The normalized spacial score (nSPS) is 14.8. The van der Waals surface area contributed by atoms with Crippen LogP contribution in [0.25, 0.3) is 0 Å². The van der Waals surface area contributed by atoms with Crippen molar-refractivity contribution in [3.8, 4) is 0 Å². The van der Waals surface area contributed by atoms with Gasteiger partial charge in [-0.15, -0.1) is 0 Å². The number of H-pyrrole nitrogens is 1. The molecule has 0 saturated heterocycles. The number of nitrogens with one attached hydrogen (secondary N) is 3. The molecule has 0 aliphatic heterocycles. The number of aromatic amines is 1. The fourth-order valence-corrected chi connectivity index (χ4v) is 2.31. The van der Waals surface area contributed by atoms with Gasteiger partial charge in [0.25, 0.3) is 5.91 Å². The smallest absolute Gasteiger partial charge is 0.252 e. The van der Waals surface area contributed by atoms with Crippen molar-refractivity contribution in [2.45, 2.75) is 25.3 Å². The molecule has 0 spiro atoms. The number of carbonyl (C=O) groups is 2. The number of amides is 2. The number of rotatable bonds is 5. The summed E-state index contributed by atoms with van der Waals surface area (Å²) >= 11 is 0. The van der Waals surface area contributed by atoms with Crippen LogP contribution in [0.4, 0.5) is 5.69 Å². The molecule has 2 aromatic rings. The zero-order chi connectivity index (χ0) is 16.4. The summed E-state index contributed by atoms with van der Waals surface area (Å²) in [5.41, 5.74) is 0.522. The molecular formula is C16H17N5O2. The lowest BCUT2D eigenvalue weighted by Gasteiger charge is -2.14. The van der Waals surface area contributed by atoms with E-state index in [1.807, 2.05) is 6.92 Å². The summed E-state index contributed by atoms with van der Waals surface area (Å²) in [5.74, 6) is 0.784. The molecule has 118 valence electrons. The molecule has 1 aromatic heterocycles. The fraction of sp³-hybridized carbons (Fsp3) is 0.250. The highest BCUT2D eigenvalue weighted by molar-refractivity contribution is 6.01. The van der Waals surface area contributed by atoms with E-state index in [4.69, 9.17) is 0 Å². The Morgan fingerprint density at radius 3 is 2.78 bits per heavy atom. The first-order valence-electron chi connectivity index (χ1n) is 7.28. The summed E-state index contributed by atoms with van der Waals surface area (Å²) in [7, 11) is 0. The molecule has 1 saturated carbocycles. The van der Waals surface area contributed by atoms with Gasteiger partial charge in [-0.1, -0.05) is 12.6 Å². The Morgan fingerprint density at radius 2 is 2.17 bits per heavy atom. The number of aromatic nitrogens is 3. The zero-order valence-corrected chi connectivity index (χ0v) is 12.7. The second-order valence-electron chi connectivity index (χ2n) is 5.55. The minimum Gasteiger partial charge on any atom is -0.339 e. The topological polar surface area (TPSA) is 99.8 Å². The van der Waals surface area contributed by atoms with Gasteiger partial charge in [0.15, 0.2) is 5.82 Å². The van der Waals surface area contributed by atoms with Gasteiger partial charge < -0.3 is 10.6 Å². The predicted octanol–water partition coefficient (Wildman–Crippen LogP) is 1.66. The van der Waals surface area contributed by atoms with Gasteiger partial charge in [-0.25, -0.2) is 4.98 Å². The Bertz CT molecular complexity index is 776. The van der Waals surface area contributed by atoms with E-state index in [1.54, 1.807) is 24.3 Å². The number of hydrogen-bond donors (Lipinski definition) is 3. The highest BCUT2D eigenvalue weighted by Gasteiger charge is 2.49. The third-order valence-corrected chi connectivity index (χ3v) is 3.71. The van der Waals surface area contributed by atoms with Crippen molar-refractivity contribution in [2.75, 3.05) is 5.32 Å². The van der Waals surface area contributed by atoms with Crippen LogP contribution in [0.3, 0.4) is 0 Å². The monoisotopic (exact) mass is 311 g/mol. The largest absolute Gasteiger partial charge is 0.339 e. The van der Waals surface area contributed by atoms with Gasteiger partial charge in [0, 0.05) is 11.3 Å². The Kier molecular flexibility index (Phi) is 3.69. The second kappa shape index (κ2) is 5.68.